The van der Waals surface area contributed by atoms with Crippen molar-refractivity contribution in [2.24, 2.45) is 0 Å². The molecule has 10 rings (SSSR count). The van der Waals surface area contributed by atoms with Gasteiger partial charge in [0.25, 0.3) is 0 Å². The van der Waals surface area contributed by atoms with Crippen molar-refractivity contribution in [3.8, 4) is 11.1 Å². The van der Waals surface area contributed by atoms with Gasteiger partial charge >= 0.3 is 0 Å². The van der Waals surface area contributed by atoms with Gasteiger partial charge in [-0.15, -0.1) is 0 Å². The molecule has 3 heteroatoms. The van der Waals surface area contributed by atoms with E-state index in [4.69, 9.17) is 0 Å². The summed E-state index contributed by atoms with van der Waals surface area (Å²) < 4.78 is 0. The van der Waals surface area contributed by atoms with Crippen molar-refractivity contribution in [1.82, 2.24) is 0 Å². The molecule has 288 valence electrons. The van der Waals surface area contributed by atoms with E-state index in [-0.39, 0.29) is 0 Å². The molecule has 1 aliphatic rings. The van der Waals surface area contributed by atoms with Crippen molar-refractivity contribution in [2.45, 2.75) is 54.6 Å². The lowest BCUT2D eigenvalue weighted by molar-refractivity contribution is 1.20. The van der Waals surface area contributed by atoms with Crippen LogP contribution < -0.4 is 20.2 Å². The summed E-state index contributed by atoms with van der Waals surface area (Å²) in [5.41, 5.74) is 17.6. The second kappa shape index (κ2) is 13.9. The molecule has 2 nitrogen and oxygen atoms in total. The van der Waals surface area contributed by atoms with E-state index < -0.39 is 8.07 Å². The first-order valence-corrected chi connectivity index (χ1v) is 23.9. The molecule has 0 spiro atoms. The predicted molar refractivity (Wildman–Crippen MR) is 259 cm³/mol. The zero-order chi connectivity index (χ0) is 40.7. The van der Waals surface area contributed by atoms with Crippen molar-refractivity contribution >= 4 is 84.9 Å². The highest BCUT2D eigenvalue weighted by molar-refractivity contribution is 7.03. The molecular formula is C56H50N2Si. The fourth-order valence-corrected chi connectivity index (χ4v) is 13.6. The molecule has 0 fully saturated rings. The number of hydrogen-bond donors (Lipinski definition) is 0. The Hall–Kier alpha value is -6.42. The lowest BCUT2D eigenvalue weighted by Gasteiger charge is -2.36. The molecule has 0 bridgehead atoms. The third-order valence-electron chi connectivity index (χ3n) is 12.9. The minimum absolute atomic E-state index is 1.16. The van der Waals surface area contributed by atoms with Gasteiger partial charge in [-0.05, 0) is 161 Å². The molecule has 0 N–H and O–H groups in total. The minimum atomic E-state index is -2.22. The van der Waals surface area contributed by atoms with E-state index in [1.165, 1.54) is 116 Å². The zero-order valence-electron chi connectivity index (χ0n) is 35.4. The number of hydrogen-bond acceptors (Lipinski definition) is 2. The third-order valence-corrected chi connectivity index (χ3v) is 16.4. The molecule has 9 aromatic rings. The number of rotatable bonds is 6. The first-order valence-electron chi connectivity index (χ1n) is 20.9. The fourth-order valence-electron chi connectivity index (χ4n) is 10.5. The Morgan fingerprint density at radius 2 is 0.864 bits per heavy atom. The first-order chi connectivity index (χ1) is 28.5. The Morgan fingerprint density at radius 1 is 0.356 bits per heavy atom. The number of nitrogens with zero attached hydrogens (tertiary/aromatic N) is 2. The quantitative estimate of drug-likeness (QED) is 0.123. The summed E-state index contributed by atoms with van der Waals surface area (Å²) in [5.74, 6) is 0. The zero-order valence-corrected chi connectivity index (χ0v) is 36.4. The molecule has 0 saturated heterocycles. The summed E-state index contributed by atoms with van der Waals surface area (Å²) in [7, 11) is -2.22. The predicted octanol–water partition coefficient (Wildman–Crippen LogP) is 14.7. The van der Waals surface area contributed by atoms with Crippen molar-refractivity contribution in [2.75, 3.05) is 9.80 Å². The van der Waals surface area contributed by atoms with E-state index in [0.717, 1.165) is 5.69 Å². The smallest absolute Gasteiger partial charge is 0.113 e. The maximum absolute atomic E-state index is 2.55. The number of aryl methyl sites for hydroxylation is 6. The minimum Gasteiger partial charge on any atom is -0.310 e. The van der Waals surface area contributed by atoms with Crippen molar-refractivity contribution in [3.05, 3.63) is 191 Å². The molecule has 0 amide bonds. The molecule has 1 heterocycles. The van der Waals surface area contributed by atoms with Crippen LogP contribution in [0.25, 0.3) is 43.4 Å². The molecule has 0 saturated carbocycles. The van der Waals surface area contributed by atoms with Gasteiger partial charge in [-0.3, -0.25) is 0 Å². The van der Waals surface area contributed by atoms with Crippen LogP contribution in [-0.2, 0) is 0 Å². The van der Waals surface area contributed by atoms with Crippen molar-refractivity contribution in [3.63, 3.8) is 0 Å². The maximum atomic E-state index is 2.55. The largest absolute Gasteiger partial charge is 0.310 e. The molecule has 0 atom stereocenters. The molecule has 0 aromatic heterocycles. The number of para-hydroxylation sites is 2. The average molecular weight is 779 g/mol. The summed E-state index contributed by atoms with van der Waals surface area (Å²) in [5, 5.41) is 10.8. The molecule has 0 aliphatic carbocycles. The molecule has 0 radical (unpaired) electrons. The van der Waals surface area contributed by atoms with E-state index >= 15 is 0 Å². The number of anilines is 6. The topological polar surface area (TPSA) is 6.48 Å². The summed E-state index contributed by atoms with van der Waals surface area (Å²) in [6.45, 7) is 18.5. The normalized spacial score (nSPS) is 12.9. The molecule has 0 unspecified atom stereocenters. The van der Waals surface area contributed by atoms with Crippen LogP contribution in [0.15, 0.2) is 158 Å². The van der Waals surface area contributed by atoms with Gasteiger partial charge in [-0.1, -0.05) is 133 Å². The summed E-state index contributed by atoms with van der Waals surface area (Å²) >= 11 is 0. The third kappa shape index (κ3) is 5.82. The fraction of sp³-hybridized carbons (Fsp3) is 0.143. The second-order valence-corrected chi connectivity index (χ2v) is 21.7. The van der Waals surface area contributed by atoms with Crippen LogP contribution in [0.5, 0.6) is 0 Å². The monoisotopic (exact) mass is 778 g/mol. The van der Waals surface area contributed by atoms with E-state index in [0.29, 0.717) is 0 Å². The van der Waals surface area contributed by atoms with Crippen LogP contribution in [0.2, 0.25) is 13.1 Å². The Bertz CT molecular complexity index is 3100. The lowest BCUT2D eigenvalue weighted by Crippen LogP contribution is -2.56. The SMILES string of the molecule is Cc1cc(C)c(N(c2ccccc2)c2ccc3c(c2)[Si](C)(C)c2cccc4c2c-3cc2c3ccccc3c(N(c3ccccc3)c3c(C)cc(C)cc3C)cc42)c(C)c1. The standard InChI is InChI=1S/C56H50N2Si/c1-35-28-37(3)55(38(4)29-35)57(41-18-11-9-12-19-41)43-26-27-46-50-33-48-44-22-15-16-23-45(44)51(34-49(48)47-24-17-25-52(54(47)50)59(7,8)53(46)32-43)58(42-20-13-10-14-21-42)56-39(5)30-36(2)31-40(56)6/h9-34H,1-8H3. The summed E-state index contributed by atoms with van der Waals surface area (Å²) in [4.78, 5) is 4.99. The highest BCUT2D eigenvalue weighted by Gasteiger charge is 2.37. The van der Waals surface area contributed by atoms with Crippen molar-refractivity contribution < 1.29 is 0 Å². The molecule has 1 aliphatic heterocycles. The Balaban J connectivity index is 1.25. The van der Waals surface area contributed by atoms with Gasteiger partial charge in [0.05, 0.1) is 17.1 Å². The Kier molecular flexibility index (Phi) is 8.66. The van der Waals surface area contributed by atoms with Gasteiger partial charge < -0.3 is 9.80 Å². The molecular weight excluding hydrogens is 729 g/mol. The van der Waals surface area contributed by atoms with Crippen LogP contribution in [0.3, 0.4) is 0 Å². The van der Waals surface area contributed by atoms with Gasteiger partial charge in [0, 0.05) is 22.4 Å². The molecule has 59 heavy (non-hydrogen) atoms. The van der Waals surface area contributed by atoms with Gasteiger partial charge in [0.1, 0.15) is 8.07 Å². The number of benzene rings is 9. The van der Waals surface area contributed by atoms with Crippen LogP contribution in [0, 0.1) is 41.5 Å². The lowest BCUT2D eigenvalue weighted by atomic mass is 9.89. The molecule has 9 aromatic carbocycles. The van der Waals surface area contributed by atoms with Crippen LogP contribution in [0.4, 0.5) is 34.1 Å². The van der Waals surface area contributed by atoms with Crippen LogP contribution in [0.1, 0.15) is 33.4 Å². The van der Waals surface area contributed by atoms with E-state index in [2.05, 4.69) is 222 Å². The highest BCUT2D eigenvalue weighted by atomic mass is 28.3. The highest BCUT2D eigenvalue weighted by Crippen LogP contribution is 2.48. The van der Waals surface area contributed by atoms with Crippen molar-refractivity contribution in [1.29, 1.82) is 0 Å². The number of fused-ring (bicyclic) bond motifs is 6. The van der Waals surface area contributed by atoms with E-state index in [1.54, 1.807) is 0 Å². The van der Waals surface area contributed by atoms with Gasteiger partial charge in [0.15, 0.2) is 0 Å². The van der Waals surface area contributed by atoms with E-state index in [9.17, 15) is 0 Å². The van der Waals surface area contributed by atoms with Crippen LogP contribution >= 0.6 is 0 Å². The summed E-state index contributed by atoms with van der Waals surface area (Å²) in [6, 6.07) is 59.6. The van der Waals surface area contributed by atoms with E-state index in [1.807, 2.05) is 0 Å². The maximum Gasteiger partial charge on any atom is 0.113 e. The Morgan fingerprint density at radius 3 is 1.47 bits per heavy atom. The van der Waals surface area contributed by atoms with Gasteiger partial charge in [-0.25, -0.2) is 0 Å². The second-order valence-electron chi connectivity index (χ2n) is 17.4. The summed E-state index contributed by atoms with van der Waals surface area (Å²) in [6.07, 6.45) is 0. The van der Waals surface area contributed by atoms with Gasteiger partial charge in [0.2, 0.25) is 0 Å². The van der Waals surface area contributed by atoms with Gasteiger partial charge in [-0.2, -0.15) is 0 Å². The first kappa shape index (κ1) is 36.9. The van der Waals surface area contributed by atoms with Crippen LogP contribution in [-0.4, -0.2) is 8.07 Å². The Labute approximate surface area is 350 Å². The average Bonchev–Trinajstić information content (AvgIpc) is 3.22.